The Balaban J connectivity index is 2.42. The quantitative estimate of drug-likeness (QED) is 0.619. The highest BCUT2D eigenvalue weighted by Gasteiger charge is 2.33. The van der Waals surface area contributed by atoms with Crippen molar-refractivity contribution in [3.63, 3.8) is 0 Å². The average Bonchev–Trinajstić information content (AvgIpc) is 1.88. The lowest BCUT2D eigenvalue weighted by molar-refractivity contribution is 0.0297. The molecule has 1 aliphatic rings. The van der Waals surface area contributed by atoms with Gasteiger partial charge in [-0.3, -0.25) is 4.90 Å². The Morgan fingerprint density at radius 3 is 2.90 bits per heavy atom. The monoisotopic (exact) mass is 203 g/mol. The summed E-state index contributed by atoms with van der Waals surface area (Å²) in [6.45, 7) is 1.19. The summed E-state index contributed by atoms with van der Waals surface area (Å²) < 4.78 is 0. The van der Waals surface area contributed by atoms with E-state index in [9.17, 15) is 0 Å². The van der Waals surface area contributed by atoms with Crippen LogP contribution in [0.2, 0.25) is 0 Å². The molecule has 0 aromatic rings. The number of hydrogen-bond donors (Lipinski definition) is 1. The van der Waals surface area contributed by atoms with Crippen LogP contribution in [0.5, 0.6) is 0 Å². The Morgan fingerprint density at radius 1 is 1.80 bits per heavy atom. The van der Waals surface area contributed by atoms with E-state index in [1.165, 1.54) is 0 Å². The van der Waals surface area contributed by atoms with Crippen LogP contribution in [-0.4, -0.2) is 36.2 Å². The topological polar surface area (TPSA) is 23.5 Å². The molecular formula is C7H10BrNO. The van der Waals surface area contributed by atoms with Gasteiger partial charge in [0.15, 0.2) is 0 Å². The van der Waals surface area contributed by atoms with E-state index in [0.29, 0.717) is 5.92 Å². The van der Waals surface area contributed by atoms with Crippen LogP contribution in [0.25, 0.3) is 0 Å². The maximum atomic E-state index is 8.83. The lowest BCUT2D eigenvalue weighted by Crippen LogP contribution is -2.55. The highest BCUT2D eigenvalue weighted by Crippen LogP contribution is 2.21. The highest BCUT2D eigenvalue weighted by molar-refractivity contribution is 9.12. The number of aliphatic hydroxyl groups excluding tert-OH is 1. The van der Waals surface area contributed by atoms with Gasteiger partial charge in [0.2, 0.25) is 0 Å². The summed E-state index contributed by atoms with van der Waals surface area (Å²) in [5.74, 6) is 3.33. The van der Waals surface area contributed by atoms with E-state index in [4.69, 9.17) is 5.11 Å². The molecule has 1 saturated heterocycles. The zero-order valence-electron chi connectivity index (χ0n) is 5.84. The van der Waals surface area contributed by atoms with Crippen LogP contribution in [-0.2, 0) is 0 Å². The lowest BCUT2D eigenvalue weighted by Gasteiger charge is -2.42. The number of halogens is 1. The number of likely N-dealkylation sites (tertiary alicyclic amines) is 1. The minimum absolute atomic E-state index is 0.211. The molecule has 0 amide bonds. The van der Waals surface area contributed by atoms with Crippen molar-refractivity contribution in [2.75, 3.05) is 20.2 Å². The van der Waals surface area contributed by atoms with Crippen LogP contribution >= 0.6 is 15.9 Å². The third-order valence-electron chi connectivity index (χ3n) is 1.94. The summed E-state index contributed by atoms with van der Waals surface area (Å²) in [6.07, 6.45) is 0. The molecule has 0 spiro atoms. The first-order valence-corrected chi connectivity index (χ1v) is 4.01. The molecule has 0 aromatic carbocycles. The minimum atomic E-state index is 0.211. The second-order valence-corrected chi connectivity index (χ2v) is 2.93. The van der Waals surface area contributed by atoms with E-state index < -0.39 is 0 Å². The van der Waals surface area contributed by atoms with Crippen LogP contribution in [0.15, 0.2) is 0 Å². The van der Waals surface area contributed by atoms with Crippen molar-refractivity contribution in [3.8, 4) is 10.8 Å². The molecule has 1 N–H and O–H groups in total. The summed E-state index contributed by atoms with van der Waals surface area (Å²) in [6, 6.07) is 0.255. The van der Waals surface area contributed by atoms with E-state index in [1.807, 2.05) is 7.05 Å². The largest absolute Gasteiger partial charge is 0.395 e. The van der Waals surface area contributed by atoms with Crippen molar-refractivity contribution < 1.29 is 5.11 Å². The molecule has 2 atom stereocenters. The Bertz CT molecular complexity index is 172. The van der Waals surface area contributed by atoms with Gasteiger partial charge < -0.3 is 5.11 Å². The predicted molar refractivity (Wildman–Crippen MR) is 43.7 cm³/mol. The average molecular weight is 204 g/mol. The molecule has 1 rings (SSSR count). The zero-order valence-corrected chi connectivity index (χ0v) is 7.43. The van der Waals surface area contributed by atoms with Gasteiger partial charge in [-0.2, -0.15) is 0 Å². The van der Waals surface area contributed by atoms with E-state index in [2.05, 4.69) is 31.6 Å². The third kappa shape index (κ3) is 1.34. The summed E-state index contributed by atoms with van der Waals surface area (Å²) in [4.78, 5) is 4.78. The van der Waals surface area contributed by atoms with Crippen molar-refractivity contribution in [3.05, 3.63) is 0 Å². The first kappa shape index (κ1) is 8.06. The maximum Gasteiger partial charge on any atom is 0.0599 e. The van der Waals surface area contributed by atoms with Crippen molar-refractivity contribution in [1.29, 1.82) is 0 Å². The summed E-state index contributed by atoms with van der Waals surface area (Å²) >= 11 is 3.04. The molecule has 1 fully saturated rings. The normalized spacial score (nSPS) is 32.3. The molecule has 0 aromatic heterocycles. The van der Waals surface area contributed by atoms with Gasteiger partial charge in [0.05, 0.1) is 12.5 Å². The van der Waals surface area contributed by atoms with E-state index in [1.54, 1.807) is 0 Å². The molecule has 0 radical (unpaired) electrons. The summed E-state index contributed by atoms with van der Waals surface area (Å²) in [5.41, 5.74) is 0. The molecule has 56 valence electrons. The number of hydrogen-bond acceptors (Lipinski definition) is 2. The second kappa shape index (κ2) is 3.38. The van der Waals surface area contributed by atoms with Gasteiger partial charge in [-0.05, 0) is 11.9 Å². The molecule has 0 bridgehead atoms. The summed E-state index contributed by atoms with van der Waals surface area (Å²) in [7, 11) is 1.99. The fourth-order valence-electron chi connectivity index (χ4n) is 1.22. The maximum absolute atomic E-state index is 8.83. The Hall–Kier alpha value is -0.0400. The van der Waals surface area contributed by atoms with Crippen LogP contribution < -0.4 is 0 Å². The van der Waals surface area contributed by atoms with Gasteiger partial charge in [0, 0.05) is 28.5 Å². The fourth-order valence-corrected chi connectivity index (χ4v) is 1.51. The van der Waals surface area contributed by atoms with Gasteiger partial charge in [0.1, 0.15) is 0 Å². The van der Waals surface area contributed by atoms with Crippen LogP contribution in [0.3, 0.4) is 0 Å². The van der Waals surface area contributed by atoms with Crippen molar-refractivity contribution in [1.82, 2.24) is 4.90 Å². The minimum Gasteiger partial charge on any atom is -0.395 e. The molecule has 1 heterocycles. The Kier molecular flexibility index (Phi) is 2.72. The number of aliphatic hydroxyl groups is 1. The first-order valence-electron chi connectivity index (χ1n) is 3.22. The standard InChI is InChI=1S/C7H10BrNO/c1-9-4-6(2-3-8)7(9)5-10/h6-7,10H,4-5H2,1H3/t6-,7+/m1/s1. The van der Waals surface area contributed by atoms with Crippen molar-refractivity contribution in [2.24, 2.45) is 5.92 Å². The smallest absolute Gasteiger partial charge is 0.0599 e. The van der Waals surface area contributed by atoms with Crippen molar-refractivity contribution in [2.45, 2.75) is 6.04 Å². The van der Waals surface area contributed by atoms with Gasteiger partial charge in [-0.1, -0.05) is 5.92 Å². The lowest BCUT2D eigenvalue weighted by atomic mass is 9.91. The number of rotatable bonds is 1. The van der Waals surface area contributed by atoms with Gasteiger partial charge >= 0.3 is 0 Å². The molecule has 3 heteroatoms. The predicted octanol–water partition coefficient (Wildman–Crippen LogP) is 0.265. The number of nitrogens with zero attached hydrogens (tertiary/aromatic N) is 1. The van der Waals surface area contributed by atoms with Crippen LogP contribution in [0.4, 0.5) is 0 Å². The highest BCUT2D eigenvalue weighted by atomic mass is 79.9. The molecule has 0 saturated carbocycles. The Labute approximate surface area is 69.3 Å². The van der Waals surface area contributed by atoms with Crippen molar-refractivity contribution >= 4 is 15.9 Å². The van der Waals surface area contributed by atoms with Gasteiger partial charge in [-0.25, -0.2) is 0 Å². The SMILES string of the molecule is CN1C[C@@H](C#CBr)[C@@H]1CO. The molecule has 10 heavy (non-hydrogen) atoms. The van der Waals surface area contributed by atoms with Crippen LogP contribution in [0.1, 0.15) is 0 Å². The van der Waals surface area contributed by atoms with Gasteiger partial charge in [-0.15, -0.1) is 0 Å². The van der Waals surface area contributed by atoms with E-state index in [0.717, 1.165) is 6.54 Å². The van der Waals surface area contributed by atoms with Gasteiger partial charge in [0.25, 0.3) is 0 Å². The number of likely N-dealkylation sites (N-methyl/N-ethyl adjacent to an activating group) is 1. The zero-order chi connectivity index (χ0) is 7.56. The van der Waals surface area contributed by atoms with E-state index in [-0.39, 0.29) is 12.6 Å². The molecule has 0 unspecified atom stereocenters. The fraction of sp³-hybridized carbons (Fsp3) is 0.714. The molecule has 0 aliphatic carbocycles. The first-order chi connectivity index (χ1) is 4.79. The molecular weight excluding hydrogens is 194 g/mol. The second-order valence-electron chi connectivity index (χ2n) is 2.53. The molecule has 2 nitrogen and oxygen atoms in total. The third-order valence-corrected chi connectivity index (χ3v) is 2.17. The Morgan fingerprint density at radius 2 is 2.50 bits per heavy atom. The van der Waals surface area contributed by atoms with Crippen LogP contribution in [0, 0.1) is 16.7 Å². The molecule has 1 aliphatic heterocycles. The summed E-state index contributed by atoms with van der Waals surface area (Å²) in [5, 5.41) is 8.83. The van der Waals surface area contributed by atoms with E-state index >= 15 is 0 Å².